The van der Waals surface area contributed by atoms with Crippen molar-refractivity contribution in [2.45, 2.75) is 44.4 Å². The third-order valence-corrected chi connectivity index (χ3v) is 7.36. The molecule has 156 valence electrons. The van der Waals surface area contributed by atoms with E-state index in [4.69, 9.17) is 0 Å². The van der Waals surface area contributed by atoms with Gasteiger partial charge >= 0.3 is 0 Å². The second-order valence-electron chi connectivity index (χ2n) is 7.85. The molecule has 0 aromatic heterocycles. The molecule has 5 nitrogen and oxygen atoms in total. The highest BCUT2D eigenvalue weighted by molar-refractivity contribution is 7.88. The van der Waals surface area contributed by atoms with Gasteiger partial charge in [0.1, 0.15) is 0 Å². The summed E-state index contributed by atoms with van der Waals surface area (Å²) in [4.78, 5) is 12.6. The average molecular weight is 415 g/mol. The third-order valence-electron chi connectivity index (χ3n) is 5.51. The molecule has 0 aliphatic carbocycles. The molecule has 0 saturated carbocycles. The Hall–Kier alpha value is -2.18. The van der Waals surface area contributed by atoms with Crippen LogP contribution in [0.3, 0.4) is 0 Å². The number of carbonyl (C=O) groups is 1. The molecule has 3 rings (SSSR count). The zero-order valence-corrected chi connectivity index (χ0v) is 17.8. The Bertz CT molecular complexity index is 877. The highest BCUT2D eigenvalue weighted by Gasteiger charge is 2.31. The average Bonchev–Trinajstić information content (AvgIpc) is 2.73. The van der Waals surface area contributed by atoms with Gasteiger partial charge in [-0.2, -0.15) is 0 Å². The van der Waals surface area contributed by atoms with Crippen LogP contribution in [-0.2, 0) is 27.0 Å². The quantitative estimate of drug-likeness (QED) is 0.720. The van der Waals surface area contributed by atoms with Crippen LogP contribution < -0.4 is 5.32 Å². The van der Waals surface area contributed by atoms with E-state index in [0.29, 0.717) is 25.9 Å². The van der Waals surface area contributed by atoms with Crippen LogP contribution in [0.2, 0.25) is 0 Å². The Morgan fingerprint density at radius 3 is 2.14 bits per heavy atom. The molecule has 29 heavy (non-hydrogen) atoms. The monoisotopic (exact) mass is 414 g/mol. The third kappa shape index (κ3) is 6.41. The summed E-state index contributed by atoms with van der Waals surface area (Å²) in [5.74, 6) is -0.0515. The van der Waals surface area contributed by atoms with Crippen molar-refractivity contribution < 1.29 is 13.2 Å². The Morgan fingerprint density at radius 1 is 1.00 bits per heavy atom. The maximum atomic E-state index is 12.7. The number of hydrogen-bond donors (Lipinski definition) is 1. The largest absolute Gasteiger partial charge is 0.353 e. The minimum absolute atomic E-state index is 0.0151. The predicted molar refractivity (Wildman–Crippen MR) is 116 cm³/mol. The lowest BCUT2D eigenvalue weighted by molar-refractivity contribution is -0.126. The molecular formula is C23H30N2O3S. The lowest BCUT2D eigenvalue weighted by Gasteiger charge is -2.31. The molecule has 2 aromatic rings. The first-order valence-electron chi connectivity index (χ1n) is 10.3. The van der Waals surface area contributed by atoms with Crippen molar-refractivity contribution in [1.82, 2.24) is 9.62 Å². The molecule has 1 amide bonds. The molecule has 1 fully saturated rings. The Labute approximate surface area is 174 Å². The van der Waals surface area contributed by atoms with Gasteiger partial charge in [0.25, 0.3) is 0 Å². The van der Waals surface area contributed by atoms with Gasteiger partial charge in [0, 0.05) is 25.0 Å². The van der Waals surface area contributed by atoms with Crippen molar-refractivity contribution in [3.05, 3.63) is 71.8 Å². The number of carbonyl (C=O) groups excluding carboxylic acids is 1. The lowest BCUT2D eigenvalue weighted by Crippen LogP contribution is -2.45. The van der Waals surface area contributed by atoms with Crippen molar-refractivity contribution in [3.63, 3.8) is 0 Å². The van der Waals surface area contributed by atoms with Gasteiger partial charge in [0.2, 0.25) is 15.9 Å². The van der Waals surface area contributed by atoms with Crippen molar-refractivity contribution >= 4 is 15.9 Å². The Kier molecular flexibility index (Phi) is 7.45. The van der Waals surface area contributed by atoms with Gasteiger partial charge in [-0.3, -0.25) is 4.79 Å². The number of rotatable bonds is 8. The minimum Gasteiger partial charge on any atom is -0.353 e. The fraction of sp³-hybridized carbons (Fsp3) is 0.435. The van der Waals surface area contributed by atoms with Gasteiger partial charge in [0.05, 0.1) is 5.75 Å². The molecule has 1 aliphatic heterocycles. The number of nitrogens with one attached hydrogen (secondary N) is 1. The summed E-state index contributed by atoms with van der Waals surface area (Å²) in [6, 6.07) is 19.6. The van der Waals surface area contributed by atoms with E-state index in [-0.39, 0.29) is 23.6 Å². The van der Waals surface area contributed by atoms with E-state index < -0.39 is 10.0 Å². The number of piperidine rings is 1. The summed E-state index contributed by atoms with van der Waals surface area (Å²) in [6.07, 6.45) is 2.97. The van der Waals surface area contributed by atoms with Crippen LogP contribution in [0.15, 0.2) is 60.7 Å². The lowest BCUT2D eigenvalue weighted by atomic mass is 9.96. The van der Waals surface area contributed by atoms with Gasteiger partial charge in [-0.15, -0.1) is 0 Å². The molecular weight excluding hydrogens is 384 g/mol. The SMILES string of the molecule is C[C@H](CCc1ccccc1)NC(=O)C1CCN(S(=O)(=O)Cc2ccccc2)CC1. The van der Waals surface area contributed by atoms with Crippen molar-refractivity contribution in [2.24, 2.45) is 5.92 Å². The van der Waals surface area contributed by atoms with Crippen LogP contribution in [0.25, 0.3) is 0 Å². The molecule has 2 aromatic carbocycles. The van der Waals surface area contributed by atoms with E-state index in [2.05, 4.69) is 17.4 Å². The Morgan fingerprint density at radius 2 is 1.55 bits per heavy atom. The molecule has 6 heteroatoms. The van der Waals surface area contributed by atoms with Crippen LogP contribution in [0.5, 0.6) is 0 Å². The second kappa shape index (κ2) is 10.0. The minimum atomic E-state index is -3.35. The van der Waals surface area contributed by atoms with Gasteiger partial charge in [-0.05, 0) is 43.7 Å². The summed E-state index contributed by atoms with van der Waals surface area (Å²) in [5.41, 5.74) is 2.06. The normalized spacial score (nSPS) is 17.0. The molecule has 0 bridgehead atoms. The van der Waals surface area contributed by atoms with E-state index in [1.165, 1.54) is 9.87 Å². The van der Waals surface area contributed by atoms with Gasteiger partial charge < -0.3 is 5.32 Å². The molecule has 1 N–H and O–H groups in total. The van der Waals surface area contributed by atoms with Crippen LogP contribution in [0.1, 0.15) is 37.3 Å². The molecule has 1 saturated heterocycles. The zero-order chi connectivity index (χ0) is 20.7. The Balaban J connectivity index is 1.44. The summed E-state index contributed by atoms with van der Waals surface area (Å²) < 4.78 is 26.8. The fourth-order valence-electron chi connectivity index (χ4n) is 3.73. The molecule has 1 aliphatic rings. The molecule has 0 unspecified atom stereocenters. The van der Waals surface area contributed by atoms with Gasteiger partial charge in [0.15, 0.2) is 0 Å². The standard InChI is InChI=1S/C23H30N2O3S/c1-19(12-13-20-8-4-2-5-9-20)24-23(26)22-14-16-25(17-15-22)29(27,28)18-21-10-6-3-7-11-21/h2-11,19,22H,12-18H2,1H3,(H,24,26)/t19-/m1/s1. The van der Waals surface area contributed by atoms with Crippen LogP contribution >= 0.6 is 0 Å². The number of benzene rings is 2. The highest BCUT2D eigenvalue weighted by Crippen LogP contribution is 2.22. The maximum absolute atomic E-state index is 12.7. The molecule has 1 atom stereocenters. The summed E-state index contributed by atoms with van der Waals surface area (Å²) in [5, 5.41) is 3.11. The van der Waals surface area contributed by atoms with E-state index in [0.717, 1.165) is 18.4 Å². The van der Waals surface area contributed by atoms with E-state index in [1.807, 2.05) is 55.5 Å². The van der Waals surface area contributed by atoms with Crippen molar-refractivity contribution in [1.29, 1.82) is 0 Å². The van der Waals surface area contributed by atoms with E-state index >= 15 is 0 Å². The number of sulfonamides is 1. The van der Waals surface area contributed by atoms with Crippen molar-refractivity contribution in [3.8, 4) is 0 Å². The number of nitrogens with zero attached hydrogens (tertiary/aromatic N) is 1. The van der Waals surface area contributed by atoms with E-state index in [1.54, 1.807) is 0 Å². The summed E-state index contributed by atoms with van der Waals surface area (Å²) >= 11 is 0. The smallest absolute Gasteiger partial charge is 0.223 e. The van der Waals surface area contributed by atoms with Crippen LogP contribution in [0.4, 0.5) is 0 Å². The predicted octanol–water partition coefficient (Wildman–Crippen LogP) is 3.37. The second-order valence-corrected chi connectivity index (χ2v) is 9.82. The zero-order valence-electron chi connectivity index (χ0n) is 17.0. The first kappa shape index (κ1) is 21.5. The van der Waals surface area contributed by atoms with Gasteiger partial charge in [-0.1, -0.05) is 60.7 Å². The first-order valence-corrected chi connectivity index (χ1v) is 11.9. The molecule has 0 spiro atoms. The number of hydrogen-bond acceptors (Lipinski definition) is 3. The van der Waals surface area contributed by atoms with Gasteiger partial charge in [-0.25, -0.2) is 12.7 Å². The first-order chi connectivity index (χ1) is 13.9. The summed E-state index contributed by atoms with van der Waals surface area (Å²) in [7, 11) is -3.35. The fourth-order valence-corrected chi connectivity index (χ4v) is 5.30. The molecule has 1 heterocycles. The highest BCUT2D eigenvalue weighted by atomic mass is 32.2. The van der Waals surface area contributed by atoms with Crippen LogP contribution in [-0.4, -0.2) is 37.8 Å². The summed E-state index contributed by atoms with van der Waals surface area (Å²) in [6.45, 7) is 2.84. The number of amides is 1. The molecule has 0 radical (unpaired) electrons. The maximum Gasteiger partial charge on any atom is 0.223 e. The topological polar surface area (TPSA) is 66.5 Å². The van der Waals surface area contributed by atoms with Crippen LogP contribution in [0, 0.1) is 5.92 Å². The number of aryl methyl sites for hydroxylation is 1. The van der Waals surface area contributed by atoms with Crippen molar-refractivity contribution in [2.75, 3.05) is 13.1 Å². The van der Waals surface area contributed by atoms with E-state index in [9.17, 15) is 13.2 Å².